The molecule has 2 N–H and O–H groups in total. The molecule has 0 unspecified atom stereocenters. The van der Waals surface area contributed by atoms with Crippen LogP contribution in [0.2, 0.25) is 0 Å². The topological polar surface area (TPSA) is 61.7 Å². The summed E-state index contributed by atoms with van der Waals surface area (Å²) in [4.78, 5) is 12.0. The van der Waals surface area contributed by atoms with Gasteiger partial charge in [0.25, 0.3) is 0 Å². The monoisotopic (exact) mass is 300 g/mol. The van der Waals surface area contributed by atoms with Gasteiger partial charge < -0.3 is 5.11 Å². The summed E-state index contributed by atoms with van der Waals surface area (Å²) in [6.07, 6.45) is 1.73. The quantitative estimate of drug-likeness (QED) is 0.482. The second-order valence-electron chi connectivity index (χ2n) is 4.25. The van der Waals surface area contributed by atoms with Crippen LogP contribution in [0.5, 0.6) is 0 Å². The molecule has 0 saturated carbocycles. The number of hydrogen-bond acceptors (Lipinski definition) is 4. The number of nitrogens with one attached hydrogen (secondary N) is 1. The number of anilines is 1. The minimum atomic E-state index is -0.935. The van der Waals surface area contributed by atoms with Crippen molar-refractivity contribution in [1.29, 1.82) is 0 Å². The van der Waals surface area contributed by atoms with Crippen molar-refractivity contribution in [3.63, 3.8) is 0 Å². The highest BCUT2D eigenvalue weighted by atomic mass is 32.2. The van der Waals surface area contributed by atoms with Crippen molar-refractivity contribution in [2.24, 2.45) is 5.10 Å². The van der Waals surface area contributed by atoms with Gasteiger partial charge in [0.2, 0.25) is 0 Å². The Bertz CT molecular complexity index is 622. The summed E-state index contributed by atoms with van der Waals surface area (Å²) in [7, 11) is 0. The molecular weight excluding hydrogens is 284 g/mol. The molecule has 0 amide bonds. The molecule has 0 aromatic heterocycles. The van der Waals surface area contributed by atoms with Gasteiger partial charge in [-0.2, -0.15) is 5.10 Å². The van der Waals surface area contributed by atoms with Crippen molar-refractivity contribution in [2.45, 2.75) is 11.8 Å². The van der Waals surface area contributed by atoms with E-state index in [0.717, 1.165) is 17.0 Å². The lowest BCUT2D eigenvalue weighted by Crippen LogP contribution is -1.96. The Labute approximate surface area is 127 Å². The molecule has 2 rings (SSSR count). The van der Waals surface area contributed by atoms with E-state index in [-0.39, 0.29) is 5.56 Å². The Morgan fingerprint density at radius 2 is 1.86 bits per heavy atom. The number of carboxylic acids is 1. The highest BCUT2D eigenvalue weighted by Crippen LogP contribution is 2.17. The van der Waals surface area contributed by atoms with Crippen molar-refractivity contribution in [3.05, 3.63) is 59.7 Å². The maximum absolute atomic E-state index is 10.7. The molecule has 0 aliphatic heterocycles. The van der Waals surface area contributed by atoms with E-state index < -0.39 is 5.97 Å². The van der Waals surface area contributed by atoms with Gasteiger partial charge in [0.15, 0.2) is 0 Å². The number of rotatable bonds is 6. The van der Waals surface area contributed by atoms with Crippen LogP contribution >= 0.6 is 11.8 Å². The number of aromatic carboxylic acids is 1. The molecule has 0 bridgehead atoms. The fraction of sp³-hybridized carbons (Fsp3) is 0.125. The van der Waals surface area contributed by atoms with E-state index in [1.165, 1.54) is 17.0 Å². The zero-order valence-corrected chi connectivity index (χ0v) is 12.4. The Morgan fingerprint density at radius 3 is 2.43 bits per heavy atom. The molecule has 108 valence electrons. The van der Waals surface area contributed by atoms with Crippen LogP contribution < -0.4 is 5.43 Å². The fourth-order valence-electron chi connectivity index (χ4n) is 1.69. The van der Waals surface area contributed by atoms with Crippen molar-refractivity contribution in [1.82, 2.24) is 0 Å². The highest BCUT2D eigenvalue weighted by molar-refractivity contribution is 7.99. The van der Waals surface area contributed by atoms with Crippen molar-refractivity contribution in [2.75, 3.05) is 11.2 Å². The third-order valence-electron chi connectivity index (χ3n) is 2.73. The van der Waals surface area contributed by atoms with Gasteiger partial charge in [-0.3, -0.25) is 5.43 Å². The average molecular weight is 300 g/mol. The second-order valence-corrected chi connectivity index (χ2v) is 5.59. The molecule has 0 heterocycles. The van der Waals surface area contributed by atoms with Crippen molar-refractivity contribution in [3.8, 4) is 0 Å². The normalized spacial score (nSPS) is 10.7. The molecule has 0 saturated heterocycles. The first-order valence-electron chi connectivity index (χ1n) is 6.54. The van der Waals surface area contributed by atoms with E-state index in [2.05, 4.69) is 29.6 Å². The molecule has 2 aromatic carbocycles. The van der Waals surface area contributed by atoms with Crippen LogP contribution in [0.25, 0.3) is 0 Å². The van der Waals surface area contributed by atoms with E-state index >= 15 is 0 Å². The Morgan fingerprint density at radius 1 is 1.19 bits per heavy atom. The fourth-order valence-corrected chi connectivity index (χ4v) is 2.35. The SMILES string of the molecule is CCSc1ccc(C=NNc2ccc(C(=O)O)cc2)cc1. The lowest BCUT2D eigenvalue weighted by molar-refractivity contribution is 0.0697. The summed E-state index contributed by atoms with van der Waals surface area (Å²) in [6, 6.07) is 14.6. The summed E-state index contributed by atoms with van der Waals surface area (Å²) in [5, 5.41) is 12.9. The van der Waals surface area contributed by atoms with Gasteiger partial charge >= 0.3 is 5.97 Å². The summed E-state index contributed by atoms with van der Waals surface area (Å²) in [5.74, 6) is 0.122. The first-order valence-corrected chi connectivity index (χ1v) is 7.53. The standard InChI is InChI=1S/C16H16N2O2S/c1-2-21-15-9-3-12(4-10-15)11-17-18-14-7-5-13(6-8-14)16(19)20/h3-11,18H,2H2,1H3,(H,19,20). The van der Waals surface area contributed by atoms with Gasteiger partial charge in [0, 0.05) is 4.90 Å². The average Bonchev–Trinajstić information content (AvgIpc) is 2.50. The van der Waals surface area contributed by atoms with Crippen LogP contribution in [0.15, 0.2) is 58.5 Å². The number of carbonyl (C=O) groups is 1. The molecule has 2 aromatic rings. The number of hydrogen-bond donors (Lipinski definition) is 2. The first-order chi connectivity index (χ1) is 10.2. The second kappa shape index (κ2) is 7.50. The molecule has 0 spiro atoms. The molecular formula is C16H16N2O2S. The van der Waals surface area contributed by atoms with Crippen LogP contribution in [-0.4, -0.2) is 23.0 Å². The number of carboxylic acid groups (broad SMARTS) is 1. The lowest BCUT2D eigenvalue weighted by atomic mass is 10.2. The van der Waals surface area contributed by atoms with Crippen LogP contribution in [0.4, 0.5) is 5.69 Å². The molecule has 5 heteroatoms. The molecule has 4 nitrogen and oxygen atoms in total. The molecule has 0 aliphatic rings. The van der Waals surface area contributed by atoms with Gasteiger partial charge in [-0.1, -0.05) is 19.1 Å². The van der Waals surface area contributed by atoms with Gasteiger partial charge in [0.05, 0.1) is 17.5 Å². The number of benzene rings is 2. The zero-order valence-electron chi connectivity index (χ0n) is 11.6. The maximum atomic E-state index is 10.7. The first kappa shape index (κ1) is 15.1. The molecule has 0 fully saturated rings. The Hall–Kier alpha value is -2.27. The van der Waals surface area contributed by atoms with Gasteiger partial charge in [0.1, 0.15) is 0 Å². The number of hydrazone groups is 1. The van der Waals surface area contributed by atoms with Crippen LogP contribution in [0, 0.1) is 0 Å². The van der Waals surface area contributed by atoms with E-state index in [9.17, 15) is 4.79 Å². The van der Waals surface area contributed by atoms with E-state index in [1.807, 2.05) is 12.1 Å². The van der Waals surface area contributed by atoms with E-state index in [0.29, 0.717) is 0 Å². The van der Waals surface area contributed by atoms with Gasteiger partial charge in [-0.25, -0.2) is 4.79 Å². The summed E-state index contributed by atoms with van der Waals surface area (Å²) in [5.41, 5.74) is 4.88. The van der Waals surface area contributed by atoms with Gasteiger partial charge in [-0.15, -0.1) is 11.8 Å². The van der Waals surface area contributed by atoms with Crippen molar-refractivity contribution < 1.29 is 9.90 Å². The maximum Gasteiger partial charge on any atom is 0.335 e. The predicted molar refractivity (Wildman–Crippen MR) is 87.5 cm³/mol. The number of thioether (sulfide) groups is 1. The Kier molecular flexibility index (Phi) is 5.40. The van der Waals surface area contributed by atoms with Crippen LogP contribution in [0.3, 0.4) is 0 Å². The smallest absolute Gasteiger partial charge is 0.335 e. The van der Waals surface area contributed by atoms with Crippen LogP contribution in [0.1, 0.15) is 22.8 Å². The summed E-state index contributed by atoms with van der Waals surface area (Å²) in [6.45, 7) is 2.12. The largest absolute Gasteiger partial charge is 0.478 e. The van der Waals surface area contributed by atoms with Gasteiger partial charge in [-0.05, 0) is 47.7 Å². The van der Waals surface area contributed by atoms with Crippen LogP contribution in [-0.2, 0) is 0 Å². The third kappa shape index (κ3) is 4.65. The highest BCUT2D eigenvalue weighted by Gasteiger charge is 2.00. The predicted octanol–water partition coefficient (Wildman–Crippen LogP) is 3.94. The van der Waals surface area contributed by atoms with E-state index in [1.54, 1.807) is 30.1 Å². The molecule has 21 heavy (non-hydrogen) atoms. The molecule has 0 atom stereocenters. The minimum Gasteiger partial charge on any atom is -0.478 e. The third-order valence-corrected chi connectivity index (χ3v) is 3.62. The number of nitrogens with zero attached hydrogens (tertiary/aromatic N) is 1. The lowest BCUT2D eigenvalue weighted by Gasteiger charge is -2.01. The molecule has 0 radical (unpaired) electrons. The van der Waals surface area contributed by atoms with E-state index in [4.69, 9.17) is 5.11 Å². The summed E-state index contributed by atoms with van der Waals surface area (Å²) >= 11 is 1.80. The van der Waals surface area contributed by atoms with Crippen molar-refractivity contribution >= 4 is 29.6 Å². The minimum absolute atomic E-state index is 0.258. The Balaban J connectivity index is 1.93. The molecule has 0 aliphatic carbocycles. The zero-order chi connectivity index (χ0) is 15.1. The summed E-state index contributed by atoms with van der Waals surface area (Å²) < 4.78 is 0.